The normalized spacial score (nSPS) is 11.6. The fourth-order valence-electron chi connectivity index (χ4n) is 2.64. The average molecular weight is 407 g/mol. The number of nitrogens with zero attached hydrogens (tertiary/aromatic N) is 1. The summed E-state index contributed by atoms with van der Waals surface area (Å²) in [6.07, 6.45) is 0. The maximum atomic E-state index is 12.9. The first-order valence-electron chi connectivity index (χ1n) is 7.56. The summed E-state index contributed by atoms with van der Waals surface area (Å²) in [5, 5.41) is 11.4. The Labute approximate surface area is 187 Å². The molecule has 0 fully saturated rings. The van der Waals surface area contributed by atoms with Crippen LogP contribution in [0.2, 0.25) is 0 Å². The van der Waals surface area contributed by atoms with E-state index in [0.29, 0.717) is 58.7 Å². The Bertz CT molecular complexity index is 1250. The zero-order valence-corrected chi connectivity index (χ0v) is 18.9. The van der Waals surface area contributed by atoms with Gasteiger partial charge in [-0.3, -0.25) is 0 Å². The summed E-state index contributed by atoms with van der Waals surface area (Å²) in [5.74, 6) is -0.752. The van der Waals surface area contributed by atoms with Crippen molar-refractivity contribution in [3.63, 3.8) is 0 Å². The number of fused-ring (bicyclic) bond motifs is 1. The van der Waals surface area contributed by atoms with Crippen molar-refractivity contribution in [3.05, 3.63) is 56.7 Å². The van der Waals surface area contributed by atoms with Gasteiger partial charge in [0.05, 0.1) is 0 Å². The molecule has 0 amide bonds. The molecule has 1 N–H and O–H groups in total. The second-order valence-corrected chi connectivity index (χ2v) is 9.12. The van der Waals surface area contributed by atoms with E-state index >= 15 is 0 Å². The number of rotatable bonds is 4. The maximum absolute atomic E-state index is 12.9. The third kappa shape index (κ3) is 4.44. The molecular formula is C15H7NNa2O8S. The van der Waals surface area contributed by atoms with Crippen molar-refractivity contribution < 1.29 is 26.5 Å². The van der Waals surface area contributed by atoms with E-state index in [-0.39, 0.29) is 27.8 Å². The Balaban J connectivity index is 2.40. The number of nitro benzene ring substituents is 1. The summed E-state index contributed by atoms with van der Waals surface area (Å²) in [5.41, 5.74) is -1.03. The van der Waals surface area contributed by atoms with Crippen molar-refractivity contribution >= 4 is 88.5 Å². The van der Waals surface area contributed by atoms with Gasteiger partial charge in [0, 0.05) is 0 Å². The standard InChI is InChI=1S/C15H7NO8S.2Na/c17-14-11-6-1-2-7-12(11)23-15(24-25(20,21)22)13(14)9-4-3-5-10(8-9)16(18)19;;/h1,3-4,6-8H,(H,20,21,22);;. The Morgan fingerprint density at radius 2 is 1.85 bits per heavy atom. The number of hydrogen-bond donors (Lipinski definition) is 1. The van der Waals surface area contributed by atoms with Crippen LogP contribution in [0.3, 0.4) is 0 Å². The Morgan fingerprint density at radius 3 is 2.48 bits per heavy atom. The summed E-state index contributed by atoms with van der Waals surface area (Å²) in [4.78, 5) is 23.6. The van der Waals surface area contributed by atoms with Crippen LogP contribution in [0.25, 0.3) is 22.1 Å². The molecule has 128 valence electrons. The van der Waals surface area contributed by atoms with Crippen molar-refractivity contribution in [2.24, 2.45) is 0 Å². The molecule has 0 saturated carbocycles. The molecule has 0 aliphatic heterocycles. The van der Waals surface area contributed by atoms with Crippen LogP contribution in [-0.2, 0) is 10.4 Å². The fraction of sp³-hybridized carbons (Fsp3) is 0. The zero-order chi connectivity index (χ0) is 19.9. The quantitative estimate of drug-likeness (QED) is 0.279. The topological polar surface area (TPSA) is 137 Å². The van der Waals surface area contributed by atoms with Gasteiger partial charge in [-0.2, -0.15) is 0 Å². The second kappa shape index (κ2) is 7.64. The van der Waals surface area contributed by atoms with Crippen LogP contribution in [0.5, 0.6) is 5.95 Å². The second-order valence-electron chi connectivity index (χ2n) is 5.86. The van der Waals surface area contributed by atoms with Crippen molar-refractivity contribution in [2.75, 3.05) is 0 Å². The molecule has 1 aromatic heterocycles. The molecule has 0 aliphatic rings. The molecule has 0 radical (unpaired) electrons. The van der Waals surface area contributed by atoms with Crippen molar-refractivity contribution in [2.45, 2.75) is 0 Å². The molecule has 0 bridgehead atoms. The number of nitro groups is 1. The third-order valence-electron chi connectivity index (χ3n) is 3.89. The molecule has 0 spiro atoms. The Morgan fingerprint density at radius 1 is 1.15 bits per heavy atom. The van der Waals surface area contributed by atoms with E-state index in [9.17, 15) is 23.3 Å². The Hall–Kier alpha value is -1.24. The molecule has 0 saturated heterocycles. The fourth-order valence-corrected chi connectivity index (χ4v) is 3.88. The van der Waals surface area contributed by atoms with E-state index in [1.165, 1.54) is 18.2 Å². The van der Waals surface area contributed by atoms with E-state index in [1.54, 1.807) is 12.1 Å². The molecule has 0 unspecified atom stereocenters. The zero-order valence-electron chi connectivity index (χ0n) is 14.1. The van der Waals surface area contributed by atoms with Gasteiger partial charge in [-0.1, -0.05) is 0 Å². The molecule has 2 aromatic carbocycles. The number of benzene rings is 2. The molecule has 1 heterocycles. The van der Waals surface area contributed by atoms with E-state index in [4.69, 9.17) is 8.97 Å². The van der Waals surface area contributed by atoms with Crippen LogP contribution in [0.15, 0.2) is 45.6 Å². The molecule has 0 aliphatic carbocycles. The molecule has 12 heteroatoms. The minimum absolute atomic E-state index is 0.0468. The predicted molar refractivity (Wildman–Crippen MR) is 97.5 cm³/mol. The van der Waals surface area contributed by atoms with Gasteiger partial charge in [-0.15, -0.1) is 0 Å². The molecule has 27 heavy (non-hydrogen) atoms. The van der Waals surface area contributed by atoms with Crippen LogP contribution in [0, 0.1) is 10.1 Å². The van der Waals surface area contributed by atoms with Crippen molar-refractivity contribution in [3.8, 4) is 17.1 Å². The van der Waals surface area contributed by atoms with Gasteiger partial charge < -0.3 is 0 Å². The SMILES string of the molecule is O=c1c(-c2cc[c]([Na])c([N+](=O)[O-])c2)c(OS(=O)(=O)O)oc2c[c]([Na])ccc12. The predicted octanol–water partition coefficient (Wildman–Crippen LogP) is 0.137. The van der Waals surface area contributed by atoms with Crippen molar-refractivity contribution in [1.82, 2.24) is 0 Å². The average Bonchev–Trinajstić information content (AvgIpc) is 2.54. The van der Waals surface area contributed by atoms with E-state index in [0.717, 1.165) is 8.88 Å². The molecule has 9 nitrogen and oxygen atoms in total. The number of hydrogen-bond acceptors (Lipinski definition) is 7. The summed E-state index contributed by atoms with van der Waals surface area (Å²) in [6, 6.07) is 8.87. The summed E-state index contributed by atoms with van der Waals surface area (Å²) in [6.45, 7) is 0. The van der Waals surface area contributed by atoms with Gasteiger partial charge in [-0.05, 0) is 0 Å². The molecule has 3 aromatic rings. The summed E-state index contributed by atoms with van der Waals surface area (Å²) in [7, 11) is -4.99. The first-order valence-corrected chi connectivity index (χ1v) is 10.9. The van der Waals surface area contributed by atoms with Gasteiger partial charge in [0.1, 0.15) is 0 Å². The van der Waals surface area contributed by atoms with Crippen LogP contribution >= 0.6 is 0 Å². The first-order chi connectivity index (χ1) is 12.6. The Kier molecular flexibility index (Phi) is 5.80. The van der Waals surface area contributed by atoms with Crippen molar-refractivity contribution in [1.29, 1.82) is 0 Å². The van der Waals surface area contributed by atoms with E-state index in [2.05, 4.69) is 4.18 Å². The van der Waals surface area contributed by atoms with Gasteiger partial charge in [0.2, 0.25) is 0 Å². The van der Waals surface area contributed by atoms with Crippen LogP contribution in [0.4, 0.5) is 5.69 Å². The summed E-state index contributed by atoms with van der Waals surface area (Å²) >= 11 is 1.06. The van der Waals surface area contributed by atoms with Gasteiger partial charge >= 0.3 is 189 Å². The monoisotopic (exact) mass is 407 g/mol. The van der Waals surface area contributed by atoms with Gasteiger partial charge in [0.25, 0.3) is 0 Å². The van der Waals surface area contributed by atoms with Gasteiger partial charge in [-0.25, -0.2) is 0 Å². The van der Waals surface area contributed by atoms with Crippen LogP contribution in [0.1, 0.15) is 0 Å². The van der Waals surface area contributed by atoms with E-state index in [1.807, 2.05) is 0 Å². The third-order valence-corrected chi connectivity index (χ3v) is 5.72. The summed E-state index contributed by atoms with van der Waals surface area (Å²) < 4.78 is 42.7. The molecular weight excluding hydrogens is 400 g/mol. The van der Waals surface area contributed by atoms with Crippen LogP contribution < -0.4 is 15.2 Å². The first kappa shape index (κ1) is 20.5. The van der Waals surface area contributed by atoms with Gasteiger partial charge in [0.15, 0.2) is 0 Å². The van der Waals surface area contributed by atoms with E-state index < -0.39 is 26.7 Å². The minimum atomic E-state index is -4.99. The molecule has 3 rings (SSSR count). The van der Waals surface area contributed by atoms with Crippen LogP contribution in [-0.4, -0.2) is 73.8 Å². The molecule has 0 atom stereocenters.